The van der Waals surface area contributed by atoms with E-state index in [4.69, 9.17) is 16.3 Å². The topological polar surface area (TPSA) is 66.9 Å². The van der Waals surface area contributed by atoms with E-state index in [1.54, 1.807) is 23.1 Å². The van der Waals surface area contributed by atoms with E-state index in [2.05, 4.69) is 0 Å². The molecule has 1 fully saturated rings. The van der Waals surface area contributed by atoms with Crippen molar-refractivity contribution in [2.24, 2.45) is 0 Å². The molecule has 1 heterocycles. The molecule has 1 aliphatic rings. The fourth-order valence-corrected chi connectivity index (χ4v) is 4.50. The van der Waals surface area contributed by atoms with E-state index in [-0.39, 0.29) is 28.9 Å². The van der Waals surface area contributed by atoms with E-state index >= 15 is 0 Å². The van der Waals surface area contributed by atoms with Crippen molar-refractivity contribution in [1.29, 1.82) is 0 Å². The zero-order chi connectivity index (χ0) is 17.0. The third kappa shape index (κ3) is 3.85. The first kappa shape index (κ1) is 18.2. The maximum atomic E-state index is 12.6. The lowest BCUT2D eigenvalue weighted by atomic mass is 10.2. The van der Waals surface area contributed by atoms with Gasteiger partial charge in [0.2, 0.25) is 10.0 Å². The van der Waals surface area contributed by atoms with Crippen LogP contribution < -0.4 is 0 Å². The van der Waals surface area contributed by atoms with Gasteiger partial charge in [0.1, 0.15) is 11.0 Å². The fraction of sp³-hybridized carbons (Fsp3) is 0.533. The standard InChI is InChI=1S/C15H21ClN2O4S/c1-3-13(22-2)15(19)17-8-10-18(11-9-17)23(20,21)14-7-5-4-6-12(14)16/h4-7,13H,3,8-11H2,1-2H3. The van der Waals surface area contributed by atoms with Gasteiger partial charge in [-0.1, -0.05) is 30.7 Å². The molecular weight excluding hydrogens is 340 g/mol. The van der Waals surface area contributed by atoms with Crippen LogP contribution in [0, 0.1) is 0 Å². The first-order valence-electron chi connectivity index (χ1n) is 7.48. The van der Waals surface area contributed by atoms with Gasteiger partial charge in [0, 0.05) is 33.3 Å². The largest absolute Gasteiger partial charge is 0.372 e. The summed E-state index contributed by atoms with van der Waals surface area (Å²) in [5, 5.41) is 0.205. The maximum Gasteiger partial charge on any atom is 0.251 e. The lowest BCUT2D eigenvalue weighted by Crippen LogP contribution is -2.53. The minimum absolute atomic E-state index is 0.0928. The number of methoxy groups -OCH3 is 1. The quantitative estimate of drug-likeness (QED) is 0.799. The Hall–Kier alpha value is -1.15. The number of sulfonamides is 1. The second-order valence-corrected chi connectivity index (χ2v) is 7.61. The average molecular weight is 361 g/mol. The van der Waals surface area contributed by atoms with Gasteiger partial charge in [-0.2, -0.15) is 4.31 Å². The number of carbonyl (C=O) groups excluding carboxylic acids is 1. The van der Waals surface area contributed by atoms with Crippen molar-refractivity contribution in [3.8, 4) is 0 Å². The van der Waals surface area contributed by atoms with E-state index in [0.717, 1.165) is 0 Å². The molecule has 128 valence electrons. The Bertz CT molecular complexity index is 653. The molecule has 0 aliphatic carbocycles. The maximum absolute atomic E-state index is 12.6. The Balaban J connectivity index is 2.07. The van der Waals surface area contributed by atoms with Crippen molar-refractivity contribution in [2.75, 3.05) is 33.3 Å². The normalized spacial score (nSPS) is 18.0. The molecule has 0 radical (unpaired) electrons. The molecule has 2 rings (SSSR count). The third-order valence-corrected chi connectivity index (χ3v) is 6.33. The van der Waals surface area contributed by atoms with Crippen LogP contribution in [-0.4, -0.2) is 62.9 Å². The van der Waals surface area contributed by atoms with Crippen LogP contribution in [0.2, 0.25) is 5.02 Å². The predicted molar refractivity (Wildman–Crippen MR) is 87.9 cm³/mol. The van der Waals surface area contributed by atoms with E-state index in [9.17, 15) is 13.2 Å². The van der Waals surface area contributed by atoms with Crippen molar-refractivity contribution in [3.05, 3.63) is 29.3 Å². The van der Waals surface area contributed by atoms with E-state index in [0.29, 0.717) is 19.5 Å². The Labute approximate surface area is 142 Å². The molecule has 23 heavy (non-hydrogen) atoms. The lowest BCUT2D eigenvalue weighted by Gasteiger charge is -2.35. The van der Waals surface area contributed by atoms with Gasteiger partial charge in [0.15, 0.2) is 0 Å². The van der Waals surface area contributed by atoms with Crippen LogP contribution in [-0.2, 0) is 19.6 Å². The Morgan fingerprint density at radius 2 is 1.87 bits per heavy atom. The van der Waals surface area contributed by atoms with Crippen molar-refractivity contribution in [1.82, 2.24) is 9.21 Å². The van der Waals surface area contributed by atoms with E-state index < -0.39 is 16.1 Å². The Morgan fingerprint density at radius 3 is 2.39 bits per heavy atom. The number of hydrogen-bond donors (Lipinski definition) is 0. The van der Waals surface area contributed by atoms with Crippen molar-refractivity contribution in [2.45, 2.75) is 24.3 Å². The molecule has 6 nitrogen and oxygen atoms in total. The summed E-state index contributed by atoms with van der Waals surface area (Å²) in [6, 6.07) is 6.38. The molecule has 0 bridgehead atoms. The smallest absolute Gasteiger partial charge is 0.251 e. The third-order valence-electron chi connectivity index (χ3n) is 3.94. The van der Waals surface area contributed by atoms with Crippen LogP contribution >= 0.6 is 11.6 Å². The van der Waals surface area contributed by atoms with Gasteiger partial charge in [-0.25, -0.2) is 8.42 Å². The summed E-state index contributed by atoms with van der Waals surface area (Å²) in [7, 11) is -2.14. The minimum Gasteiger partial charge on any atom is -0.372 e. The monoisotopic (exact) mass is 360 g/mol. The van der Waals surface area contributed by atoms with Crippen molar-refractivity contribution in [3.63, 3.8) is 0 Å². The number of rotatable bonds is 5. The number of piperazine rings is 1. The van der Waals surface area contributed by atoms with Crippen LogP contribution in [0.1, 0.15) is 13.3 Å². The zero-order valence-electron chi connectivity index (χ0n) is 13.2. The first-order chi connectivity index (χ1) is 10.9. The summed E-state index contributed by atoms with van der Waals surface area (Å²) in [6.45, 7) is 3.08. The average Bonchev–Trinajstić information content (AvgIpc) is 2.56. The molecule has 1 unspecified atom stereocenters. The number of hydrogen-bond acceptors (Lipinski definition) is 4. The zero-order valence-corrected chi connectivity index (χ0v) is 14.8. The fourth-order valence-electron chi connectivity index (χ4n) is 2.59. The highest BCUT2D eigenvalue weighted by Crippen LogP contribution is 2.25. The number of nitrogens with zero attached hydrogens (tertiary/aromatic N) is 2. The number of benzene rings is 1. The van der Waals surface area contributed by atoms with Gasteiger partial charge in [-0.3, -0.25) is 4.79 Å². The molecule has 1 saturated heterocycles. The molecule has 1 aromatic rings. The van der Waals surface area contributed by atoms with Gasteiger partial charge in [-0.15, -0.1) is 0 Å². The molecule has 0 saturated carbocycles. The summed E-state index contributed by atoms with van der Waals surface area (Å²) in [6.07, 6.45) is 0.120. The van der Waals surface area contributed by atoms with Gasteiger partial charge in [0.05, 0.1) is 5.02 Å². The lowest BCUT2D eigenvalue weighted by molar-refractivity contribution is -0.143. The highest BCUT2D eigenvalue weighted by molar-refractivity contribution is 7.89. The van der Waals surface area contributed by atoms with Crippen LogP contribution in [0.3, 0.4) is 0 Å². The number of halogens is 1. The second kappa shape index (κ2) is 7.61. The number of carbonyl (C=O) groups is 1. The summed E-state index contributed by atoms with van der Waals surface area (Å²) in [5.41, 5.74) is 0. The SMILES string of the molecule is CCC(OC)C(=O)N1CCN(S(=O)(=O)c2ccccc2Cl)CC1. The summed E-state index contributed by atoms with van der Waals surface area (Å²) in [5.74, 6) is -0.0928. The molecule has 8 heteroatoms. The van der Waals surface area contributed by atoms with Crippen LogP contribution in [0.15, 0.2) is 29.2 Å². The summed E-state index contributed by atoms with van der Waals surface area (Å²) >= 11 is 6.00. The van der Waals surface area contributed by atoms with Crippen molar-refractivity contribution >= 4 is 27.5 Å². The molecule has 0 N–H and O–H groups in total. The molecule has 1 aliphatic heterocycles. The Morgan fingerprint density at radius 1 is 1.26 bits per heavy atom. The highest BCUT2D eigenvalue weighted by atomic mass is 35.5. The predicted octanol–water partition coefficient (Wildman–Crippen LogP) is 1.60. The van der Waals surface area contributed by atoms with Crippen LogP contribution in [0.4, 0.5) is 0 Å². The van der Waals surface area contributed by atoms with Gasteiger partial charge in [0.25, 0.3) is 5.91 Å². The molecule has 1 amide bonds. The summed E-state index contributed by atoms with van der Waals surface area (Å²) < 4.78 is 31.8. The first-order valence-corrected chi connectivity index (χ1v) is 9.30. The molecule has 0 spiro atoms. The van der Waals surface area contributed by atoms with Crippen LogP contribution in [0.5, 0.6) is 0 Å². The second-order valence-electron chi connectivity index (χ2n) is 5.29. The van der Waals surface area contributed by atoms with Gasteiger partial charge in [-0.05, 0) is 18.6 Å². The van der Waals surface area contributed by atoms with Crippen molar-refractivity contribution < 1.29 is 17.9 Å². The molecule has 0 aromatic heterocycles. The van der Waals surface area contributed by atoms with E-state index in [1.165, 1.54) is 17.5 Å². The number of amides is 1. The van der Waals surface area contributed by atoms with E-state index in [1.807, 2.05) is 6.92 Å². The van der Waals surface area contributed by atoms with Gasteiger partial charge >= 0.3 is 0 Å². The highest BCUT2D eigenvalue weighted by Gasteiger charge is 2.32. The molecule has 1 atom stereocenters. The van der Waals surface area contributed by atoms with Crippen LogP contribution in [0.25, 0.3) is 0 Å². The number of ether oxygens (including phenoxy) is 1. The summed E-state index contributed by atoms with van der Waals surface area (Å²) in [4.78, 5) is 14.0. The minimum atomic E-state index is -3.64. The Kier molecular flexibility index (Phi) is 6.02. The van der Waals surface area contributed by atoms with Gasteiger partial charge < -0.3 is 9.64 Å². The molecular formula is C15H21ClN2O4S. The molecule has 1 aromatic carbocycles.